The summed E-state index contributed by atoms with van der Waals surface area (Å²) in [6.07, 6.45) is 6.92. The van der Waals surface area contributed by atoms with E-state index in [1.54, 1.807) is 0 Å². The predicted octanol–water partition coefficient (Wildman–Crippen LogP) is 3.58. The Bertz CT molecular complexity index is 555. The van der Waals surface area contributed by atoms with Crippen LogP contribution in [-0.4, -0.2) is 37.3 Å². The van der Waals surface area contributed by atoms with Gasteiger partial charge < -0.3 is 15.3 Å². The third-order valence-corrected chi connectivity index (χ3v) is 5.35. The quantitative estimate of drug-likeness (QED) is 0.416. The van der Waals surface area contributed by atoms with Crippen molar-refractivity contribution in [2.45, 2.75) is 45.4 Å². The van der Waals surface area contributed by atoms with Gasteiger partial charge in [-0.05, 0) is 49.7 Å². The van der Waals surface area contributed by atoms with Crippen LogP contribution >= 0.6 is 24.0 Å². The molecule has 4 nitrogen and oxygen atoms in total. The minimum absolute atomic E-state index is 0. The van der Waals surface area contributed by atoms with Crippen molar-refractivity contribution in [3.63, 3.8) is 0 Å². The zero-order chi connectivity index (χ0) is 16.1. The molecule has 1 aliphatic heterocycles. The van der Waals surface area contributed by atoms with E-state index in [1.807, 2.05) is 0 Å². The van der Waals surface area contributed by atoms with E-state index in [-0.39, 0.29) is 36.0 Å². The number of benzene rings is 1. The fraction of sp³-hybridized carbons (Fsp3) is 0.632. The van der Waals surface area contributed by atoms with Gasteiger partial charge in [0.1, 0.15) is 0 Å². The Morgan fingerprint density at radius 1 is 1.29 bits per heavy atom. The van der Waals surface area contributed by atoms with E-state index >= 15 is 0 Å². The van der Waals surface area contributed by atoms with Crippen LogP contribution in [0.15, 0.2) is 29.3 Å². The number of guanidine groups is 1. The number of rotatable bonds is 5. The monoisotopic (exact) mass is 443 g/mol. The minimum atomic E-state index is 0. The number of aliphatic imine (C=N–C) groups is 1. The number of hydrogen-bond donors (Lipinski definition) is 2. The number of nitrogens with zero attached hydrogens (tertiary/aromatic N) is 2. The fourth-order valence-electron chi connectivity index (χ4n) is 4.04. The second-order valence-corrected chi connectivity index (χ2v) is 6.88. The van der Waals surface area contributed by atoms with Crippen molar-refractivity contribution in [3.05, 3.63) is 29.8 Å². The van der Waals surface area contributed by atoms with Gasteiger partial charge in [0.05, 0.1) is 0 Å². The SMILES string of the molecule is CCNC(=NCC1(CCO)CCCC1)N1CCc2ccccc21.I. The van der Waals surface area contributed by atoms with E-state index in [2.05, 4.69) is 41.4 Å². The summed E-state index contributed by atoms with van der Waals surface area (Å²) in [5.74, 6) is 1.00. The molecule has 1 saturated carbocycles. The van der Waals surface area contributed by atoms with Gasteiger partial charge in [0.15, 0.2) is 5.96 Å². The van der Waals surface area contributed by atoms with Crippen LogP contribution < -0.4 is 10.2 Å². The summed E-state index contributed by atoms with van der Waals surface area (Å²) < 4.78 is 0. The first-order chi connectivity index (χ1) is 11.3. The molecule has 0 atom stereocenters. The highest BCUT2D eigenvalue weighted by Gasteiger charge is 2.33. The van der Waals surface area contributed by atoms with E-state index < -0.39 is 0 Å². The van der Waals surface area contributed by atoms with Crippen LogP contribution in [0.5, 0.6) is 0 Å². The molecule has 1 aromatic rings. The van der Waals surface area contributed by atoms with E-state index in [4.69, 9.17) is 4.99 Å². The first-order valence-electron chi connectivity index (χ1n) is 9.03. The largest absolute Gasteiger partial charge is 0.396 e. The number of fused-ring (bicyclic) bond motifs is 1. The van der Waals surface area contributed by atoms with Crippen LogP contribution in [0.2, 0.25) is 0 Å². The first-order valence-corrected chi connectivity index (χ1v) is 9.03. The Kier molecular flexibility index (Phi) is 7.34. The van der Waals surface area contributed by atoms with Gasteiger partial charge in [-0.15, -0.1) is 24.0 Å². The Morgan fingerprint density at radius 2 is 2.04 bits per heavy atom. The standard InChI is InChI=1S/C19H29N3O.HI/c1-2-20-18(21-15-19(12-14-23)10-5-6-11-19)22-13-9-16-7-3-4-8-17(16)22;/h3-4,7-8,23H,2,5-6,9-15H2,1H3,(H,20,21);1H. The summed E-state index contributed by atoms with van der Waals surface area (Å²) in [5, 5.41) is 12.9. The fourth-order valence-corrected chi connectivity index (χ4v) is 4.04. The maximum absolute atomic E-state index is 9.43. The van der Waals surface area contributed by atoms with Crippen LogP contribution in [0.25, 0.3) is 0 Å². The average molecular weight is 443 g/mol. The number of anilines is 1. The van der Waals surface area contributed by atoms with Crippen molar-refractivity contribution in [1.29, 1.82) is 0 Å². The van der Waals surface area contributed by atoms with Gasteiger partial charge in [0.25, 0.3) is 0 Å². The van der Waals surface area contributed by atoms with Crippen molar-refractivity contribution in [1.82, 2.24) is 5.32 Å². The molecule has 1 fully saturated rings. The van der Waals surface area contributed by atoms with Gasteiger partial charge in [0, 0.05) is 31.9 Å². The lowest BCUT2D eigenvalue weighted by atomic mass is 9.83. The molecule has 134 valence electrons. The third-order valence-electron chi connectivity index (χ3n) is 5.35. The van der Waals surface area contributed by atoms with Crippen LogP contribution in [0.3, 0.4) is 0 Å². The smallest absolute Gasteiger partial charge is 0.198 e. The second kappa shape index (κ2) is 9.04. The Morgan fingerprint density at radius 3 is 2.75 bits per heavy atom. The molecular weight excluding hydrogens is 413 g/mol. The van der Waals surface area contributed by atoms with E-state index in [1.165, 1.54) is 36.9 Å². The Balaban J connectivity index is 0.00000208. The van der Waals surface area contributed by atoms with Crippen LogP contribution in [0, 0.1) is 5.41 Å². The Labute approximate surface area is 162 Å². The van der Waals surface area contributed by atoms with E-state index in [0.29, 0.717) is 0 Å². The molecule has 2 N–H and O–H groups in total. The van der Waals surface area contributed by atoms with Gasteiger partial charge >= 0.3 is 0 Å². The number of halogens is 1. The maximum Gasteiger partial charge on any atom is 0.198 e. The predicted molar refractivity (Wildman–Crippen MR) is 111 cm³/mol. The van der Waals surface area contributed by atoms with Gasteiger partial charge in [-0.3, -0.25) is 4.99 Å². The summed E-state index contributed by atoms with van der Waals surface area (Å²) in [4.78, 5) is 7.31. The van der Waals surface area contributed by atoms with Gasteiger partial charge in [0.2, 0.25) is 0 Å². The normalized spacial score (nSPS) is 19.1. The summed E-state index contributed by atoms with van der Waals surface area (Å²) >= 11 is 0. The highest BCUT2D eigenvalue weighted by molar-refractivity contribution is 14.0. The molecule has 24 heavy (non-hydrogen) atoms. The van der Waals surface area contributed by atoms with Crippen LogP contribution in [-0.2, 0) is 6.42 Å². The number of aliphatic hydroxyl groups excluding tert-OH is 1. The van der Waals surface area contributed by atoms with Gasteiger partial charge in [-0.2, -0.15) is 0 Å². The molecule has 0 unspecified atom stereocenters. The Hall–Kier alpha value is -0.820. The first kappa shape index (κ1) is 19.5. The highest BCUT2D eigenvalue weighted by Crippen LogP contribution is 2.41. The van der Waals surface area contributed by atoms with Crippen LogP contribution in [0.1, 0.15) is 44.6 Å². The molecular formula is C19H30IN3O. The van der Waals surface area contributed by atoms with Crippen LogP contribution in [0.4, 0.5) is 5.69 Å². The highest BCUT2D eigenvalue weighted by atomic mass is 127. The van der Waals surface area contributed by atoms with Gasteiger partial charge in [-0.1, -0.05) is 31.0 Å². The second-order valence-electron chi connectivity index (χ2n) is 6.88. The molecule has 1 heterocycles. The number of nitrogens with one attached hydrogen (secondary N) is 1. The molecule has 0 radical (unpaired) electrons. The van der Waals surface area contributed by atoms with Crippen molar-refractivity contribution < 1.29 is 5.11 Å². The summed E-state index contributed by atoms with van der Waals surface area (Å²) in [6.45, 7) is 5.10. The summed E-state index contributed by atoms with van der Waals surface area (Å²) in [6, 6.07) is 8.61. The molecule has 3 rings (SSSR count). The molecule has 0 bridgehead atoms. The molecule has 1 aliphatic carbocycles. The zero-order valence-electron chi connectivity index (χ0n) is 14.6. The summed E-state index contributed by atoms with van der Waals surface area (Å²) in [7, 11) is 0. The van der Waals surface area contributed by atoms with Crippen molar-refractivity contribution >= 4 is 35.6 Å². The molecule has 0 spiro atoms. The molecule has 0 amide bonds. The number of aliphatic hydroxyl groups is 1. The molecule has 0 saturated heterocycles. The zero-order valence-corrected chi connectivity index (χ0v) is 17.0. The van der Waals surface area contributed by atoms with Crippen molar-refractivity contribution in [2.75, 3.05) is 31.1 Å². The number of para-hydroxylation sites is 1. The lowest BCUT2D eigenvalue weighted by Crippen LogP contribution is -2.41. The topological polar surface area (TPSA) is 47.9 Å². The van der Waals surface area contributed by atoms with Gasteiger partial charge in [-0.25, -0.2) is 0 Å². The third kappa shape index (κ3) is 4.23. The molecule has 1 aromatic carbocycles. The molecule has 0 aromatic heterocycles. The minimum Gasteiger partial charge on any atom is -0.396 e. The van der Waals surface area contributed by atoms with Crippen molar-refractivity contribution in [2.24, 2.45) is 10.4 Å². The van der Waals surface area contributed by atoms with E-state index in [9.17, 15) is 5.11 Å². The summed E-state index contributed by atoms with van der Waals surface area (Å²) in [5.41, 5.74) is 2.91. The lowest BCUT2D eigenvalue weighted by molar-refractivity contribution is 0.191. The molecule has 2 aliphatic rings. The maximum atomic E-state index is 9.43. The number of hydrogen-bond acceptors (Lipinski definition) is 2. The van der Waals surface area contributed by atoms with E-state index in [0.717, 1.165) is 38.4 Å². The molecule has 5 heteroatoms. The van der Waals surface area contributed by atoms with Crippen molar-refractivity contribution in [3.8, 4) is 0 Å². The lowest BCUT2D eigenvalue weighted by Gasteiger charge is -2.28. The average Bonchev–Trinajstić information content (AvgIpc) is 3.19.